The molecule has 2 nitrogen and oxygen atoms in total. The maximum Gasteiger partial charge on any atom is 0.166 e. The van der Waals surface area contributed by atoms with Crippen molar-refractivity contribution in [2.24, 2.45) is 17.3 Å². The Labute approximate surface area is 98.1 Å². The molecule has 16 heavy (non-hydrogen) atoms. The van der Waals surface area contributed by atoms with Crippen molar-refractivity contribution in [2.45, 2.75) is 47.5 Å². The second kappa shape index (κ2) is 4.52. The smallest absolute Gasteiger partial charge is 0.166 e. The number of rotatable bonds is 2. The van der Waals surface area contributed by atoms with Gasteiger partial charge < -0.3 is 0 Å². The summed E-state index contributed by atoms with van der Waals surface area (Å²) in [5, 5.41) is 0. The summed E-state index contributed by atoms with van der Waals surface area (Å²) < 4.78 is 0. The molecule has 0 amide bonds. The number of hydrogen-bond donors (Lipinski definition) is 0. The van der Waals surface area contributed by atoms with Crippen LogP contribution in [0.3, 0.4) is 0 Å². The molecule has 2 unspecified atom stereocenters. The van der Waals surface area contributed by atoms with E-state index in [9.17, 15) is 9.59 Å². The zero-order valence-corrected chi connectivity index (χ0v) is 11.0. The van der Waals surface area contributed by atoms with Gasteiger partial charge in [-0.1, -0.05) is 33.3 Å². The van der Waals surface area contributed by atoms with Crippen molar-refractivity contribution in [2.75, 3.05) is 0 Å². The van der Waals surface area contributed by atoms with Gasteiger partial charge in [-0.15, -0.1) is 0 Å². The zero-order valence-electron chi connectivity index (χ0n) is 11.0. The van der Waals surface area contributed by atoms with E-state index < -0.39 is 5.92 Å². The number of ketones is 2. The van der Waals surface area contributed by atoms with E-state index in [1.54, 1.807) is 6.08 Å². The van der Waals surface area contributed by atoms with Crippen molar-refractivity contribution in [1.29, 1.82) is 0 Å². The van der Waals surface area contributed by atoms with Crippen LogP contribution in [0.5, 0.6) is 0 Å². The lowest BCUT2D eigenvalue weighted by Crippen LogP contribution is -2.34. The molecule has 0 heterocycles. The van der Waals surface area contributed by atoms with Gasteiger partial charge in [-0.2, -0.15) is 0 Å². The second-order valence-electron chi connectivity index (χ2n) is 6.26. The molecule has 0 bridgehead atoms. The van der Waals surface area contributed by atoms with Crippen molar-refractivity contribution in [3.63, 3.8) is 0 Å². The van der Waals surface area contributed by atoms with E-state index in [-0.39, 0.29) is 22.9 Å². The number of Topliss-reactive ketones (excluding diaryl/α,β-unsaturated/α-hetero) is 1. The molecule has 90 valence electrons. The Morgan fingerprint density at radius 2 is 2.00 bits per heavy atom. The van der Waals surface area contributed by atoms with E-state index in [2.05, 4.69) is 0 Å². The fraction of sp³-hybridized carbons (Fsp3) is 0.714. The van der Waals surface area contributed by atoms with Crippen molar-refractivity contribution in [3.05, 3.63) is 11.6 Å². The summed E-state index contributed by atoms with van der Waals surface area (Å²) in [6.07, 6.45) is 3.00. The van der Waals surface area contributed by atoms with Crippen LogP contribution in [0.2, 0.25) is 0 Å². The highest BCUT2D eigenvalue weighted by molar-refractivity contribution is 6.08. The number of carbonyl (C=O) groups is 2. The van der Waals surface area contributed by atoms with Gasteiger partial charge >= 0.3 is 0 Å². The predicted octanol–water partition coefficient (Wildman–Crippen LogP) is 3.16. The Kier molecular flexibility index (Phi) is 3.72. The second-order valence-corrected chi connectivity index (χ2v) is 6.26. The highest BCUT2D eigenvalue weighted by Crippen LogP contribution is 2.31. The van der Waals surface area contributed by atoms with Gasteiger partial charge in [0.25, 0.3) is 0 Å². The molecule has 0 saturated carbocycles. The van der Waals surface area contributed by atoms with Gasteiger partial charge in [0.05, 0.1) is 5.92 Å². The average molecular weight is 222 g/mol. The fourth-order valence-electron chi connectivity index (χ4n) is 2.41. The van der Waals surface area contributed by atoms with E-state index in [0.29, 0.717) is 6.42 Å². The van der Waals surface area contributed by atoms with Crippen molar-refractivity contribution < 1.29 is 9.59 Å². The summed E-state index contributed by atoms with van der Waals surface area (Å²) in [5.41, 5.74) is 1.06. The molecule has 0 spiro atoms. The summed E-state index contributed by atoms with van der Waals surface area (Å²) in [6, 6.07) is 0. The molecular weight excluding hydrogens is 200 g/mol. The quantitative estimate of drug-likeness (QED) is 0.672. The normalized spacial score (nSPS) is 26.6. The lowest BCUT2D eigenvalue weighted by atomic mass is 9.74. The molecule has 0 fully saturated rings. The molecule has 1 aliphatic carbocycles. The van der Waals surface area contributed by atoms with Crippen LogP contribution in [0.4, 0.5) is 0 Å². The average Bonchev–Trinajstić information content (AvgIpc) is 1.96. The van der Waals surface area contributed by atoms with Gasteiger partial charge in [0.2, 0.25) is 0 Å². The van der Waals surface area contributed by atoms with E-state index >= 15 is 0 Å². The van der Waals surface area contributed by atoms with Crippen LogP contribution in [-0.4, -0.2) is 11.6 Å². The molecule has 0 aliphatic heterocycles. The van der Waals surface area contributed by atoms with Gasteiger partial charge in [-0.05, 0) is 30.8 Å². The van der Waals surface area contributed by atoms with Gasteiger partial charge in [0.1, 0.15) is 5.78 Å². The summed E-state index contributed by atoms with van der Waals surface area (Å²) >= 11 is 0. The largest absolute Gasteiger partial charge is 0.299 e. The van der Waals surface area contributed by atoms with Crippen LogP contribution in [-0.2, 0) is 9.59 Å². The summed E-state index contributed by atoms with van der Waals surface area (Å²) in [6.45, 7) is 10.1. The Balaban J connectivity index is 2.81. The molecule has 2 atom stereocenters. The third-order valence-electron chi connectivity index (χ3n) is 2.96. The van der Waals surface area contributed by atoms with E-state index in [1.165, 1.54) is 0 Å². The summed E-state index contributed by atoms with van der Waals surface area (Å²) in [4.78, 5) is 23.9. The van der Waals surface area contributed by atoms with Crippen LogP contribution in [0.1, 0.15) is 47.5 Å². The fourth-order valence-corrected chi connectivity index (χ4v) is 2.41. The van der Waals surface area contributed by atoms with Crippen LogP contribution >= 0.6 is 0 Å². The van der Waals surface area contributed by atoms with Crippen LogP contribution in [0.25, 0.3) is 0 Å². The minimum Gasteiger partial charge on any atom is -0.299 e. The molecule has 0 N–H and O–H groups in total. The van der Waals surface area contributed by atoms with Crippen molar-refractivity contribution in [3.8, 4) is 0 Å². The SMILES string of the molecule is CC1=CC(=O)C(C(=O)CC(C)(C)C)C(C)C1. The monoisotopic (exact) mass is 222 g/mol. The molecule has 1 rings (SSSR count). The van der Waals surface area contributed by atoms with Gasteiger partial charge in [-0.25, -0.2) is 0 Å². The summed E-state index contributed by atoms with van der Waals surface area (Å²) in [7, 11) is 0. The molecule has 2 heteroatoms. The Bertz CT molecular complexity index is 331. The third-order valence-corrected chi connectivity index (χ3v) is 2.96. The molecular formula is C14H22O2. The predicted molar refractivity (Wildman–Crippen MR) is 65.1 cm³/mol. The van der Waals surface area contributed by atoms with Crippen LogP contribution in [0.15, 0.2) is 11.6 Å². The highest BCUT2D eigenvalue weighted by Gasteiger charge is 2.35. The summed E-state index contributed by atoms with van der Waals surface area (Å²) in [5.74, 6) is -0.130. The maximum atomic E-state index is 12.1. The van der Waals surface area contributed by atoms with Gasteiger partial charge in [-0.3, -0.25) is 9.59 Å². The number of hydrogen-bond acceptors (Lipinski definition) is 2. The Morgan fingerprint density at radius 3 is 2.44 bits per heavy atom. The first kappa shape index (κ1) is 13.1. The zero-order chi connectivity index (χ0) is 12.5. The Hall–Kier alpha value is -0.920. The molecule has 0 aromatic carbocycles. The van der Waals surface area contributed by atoms with Gasteiger partial charge in [0, 0.05) is 6.42 Å². The minimum atomic E-state index is -0.400. The van der Waals surface area contributed by atoms with Crippen LogP contribution < -0.4 is 0 Å². The van der Waals surface area contributed by atoms with Crippen molar-refractivity contribution >= 4 is 11.6 Å². The first-order valence-electron chi connectivity index (χ1n) is 5.94. The lowest BCUT2D eigenvalue weighted by molar-refractivity contribution is -0.133. The van der Waals surface area contributed by atoms with Gasteiger partial charge in [0.15, 0.2) is 5.78 Å². The lowest BCUT2D eigenvalue weighted by Gasteiger charge is -2.28. The number of carbonyl (C=O) groups excluding carboxylic acids is 2. The number of allylic oxidation sites excluding steroid dienone is 2. The van der Waals surface area contributed by atoms with E-state index in [0.717, 1.165) is 12.0 Å². The standard InChI is InChI=1S/C14H22O2/c1-9-6-10(2)13(11(15)7-9)12(16)8-14(3,4)5/h7,10,13H,6,8H2,1-5H3. The van der Waals surface area contributed by atoms with Crippen LogP contribution in [0, 0.1) is 17.3 Å². The van der Waals surface area contributed by atoms with Crippen molar-refractivity contribution in [1.82, 2.24) is 0 Å². The topological polar surface area (TPSA) is 34.1 Å². The molecule has 0 aromatic heterocycles. The molecule has 0 radical (unpaired) electrons. The first-order valence-corrected chi connectivity index (χ1v) is 5.94. The highest BCUT2D eigenvalue weighted by atomic mass is 16.1. The molecule has 1 aliphatic rings. The molecule has 0 saturated heterocycles. The first-order chi connectivity index (χ1) is 7.20. The minimum absolute atomic E-state index is 0.00509. The van der Waals surface area contributed by atoms with E-state index in [4.69, 9.17) is 0 Å². The maximum absolute atomic E-state index is 12.1. The third kappa shape index (κ3) is 3.29. The van der Waals surface area contributed by atoms with E-state index in [1.807, 2.05) is 34.6 Å². The molecule has 0 aromatic rings. The Morgan fingerprint density at radius 1 is 1.44 bits per heavy atom.